The summed E-state index contributed by atoms with van der Waals surface area (Å²) in [6.07, 6.45) is 1.17. The van der Waals surface area contributed by atoms with E-state index in [-0.39, 0.29) is 18.5 Å². The fourth-order valence-electron chi connectivity index (χ4n) is 0.854. The minimum Gasteiger partial charge on any atom is -0.462 e. The van der Waals surface area contributed by atoms with Gasteiger partial charge in [0.25, 0.3) is 5.82 Å². The highest BCUT2D eigenvalue weighted by molar-refractivity contribution is 5.69. The number of aromatic nitrogens is 3. The van der Waals surface area contributed by atoms with Crippen molar-refractivity contribution in [3.8, 4) is 6.07 Å². The molecule has 0 bridgehead atoms. The van der Waals surface area contributed by atoms with Gasteiger partial charge in [-0.15, -0.1) is 5.10 Å². The van der Waals surface area contributed by atoms with Gasteiger partial charge in [0.15, 0.2) is 0 Å². The van der Waals surface area contributed by atoms with Crippen molar-refractivity contribution < 1.29 is 9.53 Å². The Morgan fingerprint density at radius 3 is 3.00 bits per heavy atom. The van der Waals surface area contributed by atoms with Crippen molar-refractivity contribution in [2.24, 2.45) is 0 Å². The minimum atomic E-state index is -0.394. The molecule has 0 radical (unpaired) electrons. The molecule has 1 aromatic heterocycles. The molecule has 0 fully saturated rings. The zero-order valence-electron chi connectivity index (χ0n) is 7.97. The molecule has 1 heterocycles. The monoisotopic (exact) mass is 194 g/mol. The Morgan fingerprint density at radius 1 is 1.79 bits per heavy atom. The second-order valence-electron chi connectivity index (χ2n) is 2.92. The lowest BCUT2D eigenvalue weighted by molar-refractivity contribution is -0.148. The number of nitrogens with zero attached hydrogens (tertiary/aromatic N) is 4. The quantitative estimate of drug-likeness (QED) is 0.637. The van der Waals surface area contributed by atoms with E-state index in [2.05, 4.69) is 10.1 Å². The Labute approximate surface area is 81.1 Å². The third-order valence-corrected chi connectivity index (χ3v) is 1.29. The summed E-state index contributed by atoms with van der Waals surface area (Å²) < 4.78 is 6.15. The van der Waals surface area contributed by atoms with Gasteiger partial charge in [-0.05, 0) is 13.8 Å². The molecule has 74 valence electrons. The van der Waals surface area contributed by atoms with E-state index in [4.69, 9.17) is 10.00 Å². The zero-order chi connectivity index (χ0) is 10.6. The van der Waals surface area contributed by atoms with Gasteiger partial charge in [0.1, 0.15) is 18.9 Å². The summed E-state index contributed by atoms with van der Waals surface area (Å²) in [5.41, 5.74) is 0. The predicted molar refractivity (Wildman–Crippen MR) is 46.0 cm³/mol. The van der Waals surface area contributed by atoms with Crippen molar-refractivity contribution in [1.29, 1.82) is 5.26 Å². The number of carbonyl (C=O) groups excluding carboxylic acids is 1. The molecule has 0 saturated heterocycles. The van der Waals surface area contributed by atoms with E-state index < -0.39 is 5.97 Å². The summed E-state index contributed by atoms with van der Waals surface area (Å²) in [4.78, 5) is 14.8. The molecule has 0 N–H and O–H groups in total. The van der Waals surface area contributed by atoms with Crippen LogP contribution in [-0.4, -0.2) is 26.8 Å². The topological polar surface area (TPSA) is 80.8 Å². The van der Waals surface area contributed by atoms with Crippen LogP contribution in [0.15, 0.2) is 6.33 Å². The first kappa shape index (κ1) is 10.2. The second kappa shape index (κ2) is 4.37. The number of ether oxygens (including phenoxy) is 1. The number of nitriles is 1. The van der Waals surface area contributed by atoms with Crippen molar-refractivity contribution in [3.05, 3.63) is 12.2 Å². The van der Waals surface area contributed by atoms with E-state index in [1.54, 1.807) is 19.9 Å². The third-order valence-electron chi connectivity index (χ3n) is 1.29. The van der Waals surface area contributed by atoms with Crippen LogP contribution in [0.3, 0.4) is 0 Å². The first-order valence-electron chi connectivity index (χ1n) is 4.11. The van der Waals surface area contributed by atoms with Crippen molar-refractivity contribution in [3.63, 3.8) is 0 Å². The first-order valence-corrected chi connectivity index (χ1v) is 4.11. The molecule has 1 aromatic rings. The Morgan fingerprint density at radius 2 is 2.50 bits per heavy atom. The maximum absolute atomic E-state index is 11.1. The van der Waals surface area contributed by atoms with Gasteiger partial charge in [-0.3, -0.25) is 4.79 Å². The first-order chi connectivity index (χ1) is 6.61. The van der Waals surface area contributed by atoms with Gasteiger partial charge in [0.2, 0.25) is 0 Å². The largest absolute Gasteiger partial charge is 0.462 e. The Kier molecular flexibility index (Phi) is 3.18. The van der Waals surface area contributed by atoms with Crippen LogP contribution >= 0.6 is 0 Å². The molecular formula is C8H10N4O2. The van der Waals surface area contributed by atoms with E-state index in [1.807, 2.05) is 0 Å². The number of carbonyl (C=O) groups is 1. The zero-order valence-corrected chi connectivity index (χ0v) is 7.97. The third kappa shape index (κ3) is 2.86. The lowest BCUT2D eigenvalue weighted by atomic mass is 10.5. The normalized spacial score (nSPS) is 9.86. The summed E-state index contributed by atoms with van der Waals surface area (Å²) in [5.74, 6) is -0.350. The number of rotatable bonds is 3. The van der Waals surface area contributed by atoms with Gasteiger partial charge in [-0.25, -0.2) is 9.67 Å². The average Bonchev–Trinajstić information content (AvgIpc) is 2.50. The van der Waals surface area contributed by atoms with E-state index in [1.165, 1.54) is 11.0 Å². The maximum Gasteiger partial charge on any atom is 0.328 e. The summed E-state index contributed by atoms with van der Waals surface area (Å²) in [6, 6.07) is 1.77. The molecule has 6 nitrogen and oxygen atoms in total. The van der Waals surface area contributed by atoms with Gasteiger partial charge in [-0.2, -0.15) is 5.26 Å². The molecule has 6 heteroatoms. The Balaban J connectivity index is 2.53. The Hall–Kier alpha value is -1.90. The number of hydrogen-bond acceptors (Lipinski definition) is 5. The molecule has 0 aromatic carbocycles. The highest BCUT2D eigenvalue weighted by Gasteiger charge is 2.08. The van der Waals surface area contributed by atoms with Crippen LogP contribution in [-0.2, 0) is 16.1 Å². The average molecular weight is 194 g/mol. The van der Waals surface area contributed by atoms with Crippen LogP contribution in [0.1, 0.15) is 19.7 Å². The summed E-state index contributed by atoms with van der Waals surface area (Å²) >= 11 is 0. The predicted octanol–water partition coefficient (Wildman–Crippen LogP) is 0.101. The molecule has 0 aliphatic rings. The molecule has 0 aliphatic heterocycles. The van der Waals surface area contributed by atoms with E-state index in [0.717, 1.165) is 0 Å². The van der Waals surface area contributed by atoms with E-state index in [9.17, 15) is 4.79 Å². The molecule has 1 rings (SSSR count). The van der Waals surface area contributed by atoms with Crippen molar-refractivity contribution >= 4 is 5.97 Å². The van der Waals surface area contributed by atoms with Crippen LogP contribution in [0.2, 0.25) is 0 Å². The molecule has 0 amide bonds. The highest BCUT2D eigenvalue weighted by Crippen LogP contribution is 1.93. The highest BCUT2D eigenvalue weighted by atomic mass is 16.5. The van der Waals surface area contributed by atoms with Crippen LogP contribution in [0.25, 0.3) is 0 Å². The molecule has 0 aliphatic carbocycles. The molecule has 0 spiro atoms. The van der Waals surface area contributed by atoms with E-state index >= 15 is 0 Å². The van der Waals surface area contributed by atoms with Crippen LogP contribution in [0.4, 0.5) is 0 Å². The van der Waals surface area contributed by atoms with Crippen LogP contribution in [0, 0.1) is 11.3 Å². The van der Waals surface area contributed by atoms with Gasteiger partial charge in [0.05, 0.1) is 6.10 Å². The van der Waals surface area contributed by atoms with Crippen molar-refractivity contribution in [2.75, 3.05) is 0 Å². The van der Waals surface area contributed by atoms with Crippen LogP contribution in [0.5, 0.6) is 0 Å². The minimum absolute atomic E-state index is 0.0210. The van der Waals surface area contributed by atoms with Crippen LogP contribution < -0.4 is 0 Å². The SMILES string of the molecule is CC(C)OC(=O)Cn1cnc(C#N)n1. The van der Waals surface area contributed by atoms with Gasteiger partial charge < -0.3 is 4.74 Å². The molecule has 0 atom stereocenters. The fraction of sp³-hybridized carbons (Fsp3) is 0.500. The molecule has 0 saturated carbocycles. The van der Waals surface area contributed by atoms with Gasteiger partial charge >= 0.3 is 5.97 Å². The summed E-state index contributed by atoms with van der Waals surface area (Å²) in [7, 11) is 0. The lowest BCUT2D eigenvalue weighted by Gasteiger charge is -2.06. The van der Waals surface area contributed by atoms with Crippen molar-refractivity contribution in [1.82, 2.24) is 14.8 Å². The molecule has 14 heavy (non-hydrogen) atoms. The number of esters is 1. The fourth-order valence-corrected chi connectivity index (χ4v) is 0.854. The maximum atomic E-state index is 11.1. The lowest BCUT2D eigenvalue weighted by Crippen LogP contribution is -2.17. The molecule has 0 unspecified atom stereocenters. The van der Waals surface area contributed by atoms with Gasteiger partial charge in [0, 0.05) is 0 Å². The smallest absolute Gasteiger partial charge is 0.328 e. The van der Waals surface area contributed by atoms with E-state index in [0.29, 0.717) is 0 Å². The Bertz CT molecular complexity index is 364. The van der Waals surface area contributed by atoms with Crippen molar-refractivity contribution in [2.45, 2.75) is 26.5 Å². The second-order valence-corrected chi connectivity index (χ2v) is 2.92. The van der Waals surface area contributed by atoms with Gasteiger partial charge in [-0.1, -0.05) is 0 Å². The standard InChI is InChI=1S/C8H10N4O2/c1-6(2)14-8(13)4-12-5-10-7(3-9)11-12/h5-6H,4H2,1-2H3. The number of hydrogen-bond donors (Lipinski definition) is 0. The molecular weight excluding hydrogens is 184 g/mol. The summed E-state index contributed by atoms with van der Waals surface area (Å²) in [5, 5.41) is 12.1. The summed E-state index contributed by atoms with van der Waals surface area (Å²) in [6.45, 7) is 3.51.